The molecule has 0 aliphatic carbocycles. The lowest BCUT2D eigenvalue weighted by atomic mass is 10.3. The summed E-state index contributed by atoms with van der Waals surface area (Å²) >= 11 is 1.52. The first-order chi connectivity index (χ1) is 12.7. The zero-order valence-electron chi connectivity index (χ0n) is 14.1. The van der Waals surface area contributed by atoms with Gasteiger partial charge in [-0.25, -0.2) is 14.1 Å². The molecule has 26 heavy (non-hydrogen) atoms. The lowest BCUT2D eigenvalue weighted by Crippen LogP contribution is -2.34. The van der Waals surface area contributed by atoms with E-state index in [2.05, 4.69) is 15.4 Å². The molecule has 0 unspecified atom stereocenters. The fourth-order valence-electron chi connectivity index (χ4n) is 2.92. The zero-order valence-corrected chi connectivity index (χ0v) is 14.9. The average Bonchev–Trinajstić information content (AvgIpc) is 3.25. The molecule has 1 aromatic carbocycles. The van der Waals surface area contributed by atoms with E-state index in [0.29, 0.717) is 24.6 Å². The van der Waals surface area contributed by atoms with Crippen LogP contribution in [0.1, 0.15) is 17.0 Å². The Balaban J connectivity index is 1.73. The normalized spacial score (nSPS) is 15.0. The number of carbonyl (C=O) groups is 1. The van der Waals surface area contributed by atoms with Crippen LogP contribution in [0, 0.1) is 5.82 Å². The molecule has 1 fully saturated rings. The molecule has 134 valence electrons. The molecule has 1 saturated heterocycles. The molecule has 3 aromatic rings. The Morgan fingerprint density at radius 1 is 1.15 bits per heavy atom. The molecule has 0 bridgehead atoms. The Morgan fingerprint density at radius 2 is 2.00 bits per heavy atom. The zero-order chi connectivity index (χ0) is 17.9. The van der Waals surface area contributed by atoms with E-state index in [1.165, 1.54) is 23.5 Å². The maximum atomic E-state index is 13.3. The van der Waals surface area contributed by atoms with Crippen LogP contribution < -0.4 is 5.32 Å². The van der Waals surface area contributed by atoms with Gasteiger partial charge in [0.1, 0.15) is 5.82 Å². The Bertz CT molecular complexity index is 883. The van der Waals surface area contributed by atoms with E-state index in [1.54, 1.807) is 21.7 Å². The molecule has 0 spiro atoms. The van der Waals surface area contributed by atoms with Crippen molar-refractivity contribution in [3.8, 4) is 16.4 Å². The van der Waals surface area contributed by atoms with Crippen molar-refractivity contribution in [1.82, 2.24) is 25.0 Å². The maximum Gasteiger partial charge on any atom is 0.293 e. The second kappa shape index (κ2) is 7.35. The highest BCUT2D eigenvalue weighted by molar-refractivity contribution is 7.13. The average molecular weight is 371 g/mol. The molecule has 0 radical (unpaired) electrons. The van der Waals surface area contributed by atoms with Gasteiger partial charge >= 0.3 is 0 Å². The van der Waals surface area contributed by atoms with Gasteiger partial charge in [-0.2, -0.15) is 0 Å². The number of benzene rings is 1. The lowest BCUT2D eigenvalue weighted by molar-refractivity contribution is 0.0754. The highest BCUT2D eigenvalue weighted by atomic mass is 32.1. The van der Waals surface area contributed by atoms with Gasteiger partial charge in [0, 0.05) is 19.6 Å². The first-order valence-corrected chi connectivity index (χ1v) is 9.37. The van der Waals surface area contributed by atoms with Gasteiger partial charge in [-0.15, -0.1) is 16.4 Å². The van der Waals surface area contributed by atoms with Crippen molar-refractivity contribution in [2.45, 2.75) is 6.42 Å². The van der Waals surface area contributed by atoms with E-state index in [9.17, 15) is 9.18 Å². The molecular formula is C18H18FN5OS. The number of nitrogens with one attached hydrogen (secondary N) is 1. The number of carbonyl (C=O) groups excluding carboxylic acids is 1. The van der Waals surface area contributed by atoms with Crippen LogP contribution in [0.25, 0.3) is 16.4 Å². The van der Waals surface area contributed by atoms with Crippen LogP contribution in [0.5, 0.6) is 0 Å². The van der Waals surface area contributed by atoms with Gasteiger partial charge in [0.2, 0.25) is 5.82 Å². The predicted octanol–water partition coefficient (Wildman–Crippen LogP) is 2.57. The van der Waals surface area contributed by atoms with Crippen LogP contribution >= 0.6 is 11.3 Å². The molecule has 8 heteroatoms. The first-order valence-electron chi connectivity index (χ1n) is 8.49. The molecule has 1 aliphatic heterocycles. The molecule has 1 amide bonds. The standard InChI is InChI=1S/C18H18FN5OS/c19-13-4-6-14(7-5-13)24-17(15-3-1-12-26-15)21-16(22-24)18(25)23-10-2-8-20-9-11-23/h1,3-7,12,20H,2,8-11H2. The summed E-state index contributed by atoms with van der Waals surface area (Å²) in [5.41, 5.74) is 0.666. The highest BCUT2D eigenvalue weighted by Crippen LogP contribution is 2.26. The monoisotopic (exact) mass is 371 g/mol. The summed E-state index contributed by atoms with van der Waals surface area (Å²) in [6, 6.07) is 9.86. The number of rotatable bonds is 3. The van der Waals surface area contributed by atoms with E-state index >= 15 is 0 Å². The molecule has 1 N–H and O–H groups in total. The van der Waals surface area contributed by atoms with E-state index in [0.717, 1.165) is 24.4 Å². The third-order valence-electron chi connectivity index (χ3n) is 4.24. The number of halogens is 1. The van der Waals surface area contributed by atoms with Crippen LogP contribution in [-0.4, -0.2) is 51.8 Å². The van der Waals surface area contributed by atoms with Gasteiger partial charge in [0.15, 0.2) is 5.82 Å². The number of nitrogens with zero attached hydrogens (tertiary/aromatic N) is 4. The predicted molar refractivity (Wildman–Crippen MR) is 98.0 cm³/mol. The molecule has 4 rings (SSSR count). The van der Waals surface area contributed by atoms with Crippen LogP contribution in [0.4, 0.5) is 4.39 Å². The molecular weight excluding hydrogens is 353 g/mol. The number of amides is 1. The van der Waals surface area contributed by atoms with Crippen molar-refractivity contribution in [3.05, 3.63) is 53.4 Å². The summed E-state index contributed by atoms with van der Waals surface area (Å²) in [5.74, 6) is 0.259. The van der Waals surface area contributed by atoms with Gasteiger partial charge in [0.05, 0.1) is 10.6 Å². The van der Waals surface area contributed by atoms with Crippen LogP contribution in [0.3, 0.4) is 0 Å². The summed E-state index contributed by atoms with van der Waals surface area (Å²) in [7, 11) is 0. The summed E-state index contributed by atoms with van der Waals surface area (Å²) < 4.78 is 14.9. The summed E-state index contributed by atoms with van der Waals surface area (Å²) in [4.78, 5) is 20.1. The first kappa shape index (κ1) is 16.9. The topological polar surface area (TPSA) is 63.1 Å². The van der Waals surface area contributed by atoms with Crippen molar-refractivity contribution < 1.29 is 9.18 Å². The smallest absolute Gasteiger partial charge is 0.293 e. The quantitative estimate of drug-likeness (QED) is 0.769. The fraction of sp³-hybridized carbons (Fsp3) is 0.278. The van der Waals surface area contributed by atoms with Crippen LogP contribution in [-0.2, 0) is 0 Å². The van der Waals surface area contributed by atoms with E-state index in [1.807, 2.05) is 17.5 Å². The Labute approximate surface area is 154 Å². The minimum Gasteiger partial charge on any atom is -0.335 e. The Kier molecular flexibility index (Phi) is 4.77. The molecule has 0 saturated carbocycles. The number of hydrogen-bond donors (Lipinski definition) is 1. The molecule has 3 heterocycles. The number of hydrogen-bond acceptors (Lipinski definition) is 5. The van der Waals surface area contributed by atoms with Crippen LogP contribution in [0.15, 0.2) is 41.8 Å². The molecule has 2 aromatic heterocycles. The molecule has 1 aliphatic rings. The van der Waals surface area contributed by atoms with Crippen LogP contribution in [0.2, 0.25) is 0 Å². The second-order valence-corrected chi connectivity index (χ2v) is 6.97. The second-order valence-electron chi connectivity index (χ2n) is 6.02. The van der Waals surface area contributed by atoms with Gasteiger partial charge < -0.3 is 10.2 Å². The maximum absolute atomic E-state index is 13.3. The third-order valence-corrected chi connectivity index (χ3v) is 5.10. The minimum atomic E-state index is -0.320. The van der Waals surface area contributed by atoms with Crippen molar-refractivity contribution in [2.75, 3.05) is 26.2 Å². The van der Waals surface area contributed by atoms with E-state index in [-0.39, 0.29) is 17.5 Å². The highest BCUT2D eigenvalue weighted by Gasteiger charge is 2.24. The third kappa shape index (κ3) is 3.38. The Hall–Kier alpha value is -2.58. The summed E-state index contributed by atoms with van der Waals surface area (Å²) in [6.45, 7) is 2.99. The van der Waals surface area contributed by atoms with Crippen molar-refractivity contribution >= 4 is 17.2 Å². The van der Waals surface area contributed by atoms with E-state index < -0.39 is 0 Å². The number of thiophene rings is 1. The SMILES string of the molecule is O=C(c1nc(-c2cccs2)n(-c2ccc(F)cc2)n1)N1CCCNCC1. The van der Waals surface area contributed by atoms with Gasteiger partial charge in [-0.05, 0) is 48.7 Å². The summed E-state index contributed by atoms with van der Waals surface area (Å²) in [6.07, 6.45) is 0.905. The molecule has 6 nitrogen and oxygen atoms in total. The van der Waals surface area contributed by atoms with Gasteiger partial charge in [-0.1, -0.05) is 6.07 Å². The van der Waals surface area contributed by atoms with Crippen molar-refractivity contribution in [3.63, 3.8) is 0 Å². The fourth-order valence-corrected chi connectivity index (χ4v) is 3.62. The summed E-state index contributed by atoms with van der Waals surface area (Å²) in [5, 5.41) is 9.68. The largest absolute Gasteiger partial charge is 0.335 e. The molecule has 0 atom stereocenters. The van der Waals surface area contributed by atoms with Crippen molar-refractivity contribution in [2.24, 2.45) is 0 Å². The van der Waals surface area contributed by atoms with Crippen molar-refractivity contribution in [1.29, 1.82) is 0 Å². The van der Waals surface area contributed by atoms with E-state index in [4.69, 9.17) is 0 Å². The lowest BCUT2D eigenvalue weighted by Gasteiger charge is -2.17. The van der Waals surface area contributed by atoms with Gasteiger partial charge in [0.25, 0.3) is 5.91 Å². The van der Waals surface area contributed by atoms with Gasteiger partial charge in [-0.3, -0.25) is 4.79 Å². The Morgan fingerprint density at radius 3 is 2.77 bits per heavy atom. The number of aromatic nitrogens is 3. The minimum absolute atomic E-state index is 0.166.